The molecule has 0 radical (unpaired) electrons. The molecule has 1 aliphatic heterocycles. The normalized spacial score (nSPS) is 18.0. The number of piperidine rings is 1. The molecule has 2 aromatic heterocycles. The molecule has 0 aliphatic carbocycles. The summed E-state index contributed by atoms with van der Waals surface area (Å²) in [5.74, 6) is 0.103. The van der Waals surface area contributed by atoms with Gasteiger partial charge in [-0.2, -0.15) is 0 Å². The molecular formula is C19H20N4O. The number of hydrogen-bond donors (Lipinski definition) is 0. The molecule has 1 aliphatic rings. The van der Waals surface area contributed by atoms with Gasteiger partial charge in [0.25, 0.3) is 5.91 Å². The maximum Gasteiger partial charge on any atom is 0.255 e. The molecule has 4 rings (SSSR count). The van der Waals surface area contributed by atoms with Crippen molar-refractivity contribution in [3.63, 3.8) is 0 Å². The Hall–Kier alpha value is -2.69. The Labute approximate surface area is 140 Å². The average molecular weight is 320 g/mol. The minimum Gasteiger partial charge on any atom is -0.335 e. The molecule has 1 unspecified atom stereocenters. The van der Waals surface area contributed by atoms with E-state index in [4.69, 9.17) is 0 Å². The van der Waals surface area contributed by atoms with Crippen LogP contribution in [0, 0.1) is 0 Å². The fourth-order valence-electron chi connectivity index (χ4n) is 3.49. The first kappa shape index (κ1) is 14.9. The van der Waals surface area contributed by atoms with Gasteiger partial charge >= 0.3 is 0 Å². The number of carbonyl (C=O) groups excluding carboxylic acids is 1. The van der Waals surface area contributed by atoms with Gasteiger partial charge in [-0.05, 0) is 43.4 Å². The summed E-state index contributed by atoms with van der Waals surface area (Å²) in [6, 6.07) is 14.4. The Morgan fingerprint density at radius 2 is 2.00 bits per heavy atom. The van der Waals surface area contributed by atoms with E-state index in [-0.39, 0.29) is 11.9 Å². The van der Waals surface area contributed by atoms with E-state index in [2.05, 4.69) is 34.5 Å². The van der Waals surface area contributed by atoms with Gasteiger partial charge in [0, 0.05) is 18.8 Å². The maximum absolute atomic E-state index is 13.0. The lowest BCUT2D eigenvalue weighted by atomic mass is 9.95. The van der Waals surface area contributed by atoms with Gasteiger partial charge in [0.05, 0.1) is 5.56 Å². The molecule has 1 atom stereocenters. The zero-order chi connectivity index (χ0) is 16.4. The van der Waals surface area contributed by atoms with Crippen LogP contribution in [-0.4, -0.2) is 38.0 Å². The van der Waals surface area contributed by atoms with Crippen molar-refractivity contribution in [3.8, 4) is 0 Å². The number of aromatic nitrogens is 3. The van der Waals surface area contributed by atoms with Crippen molar-refractivity contribution in [2.45, 2.75) is 31.7 Å². The largest absolute Gasteiger partial charge is 0.335 e. The molecule has 0 spiro atoms. The lowest BCUT2D eigenvalue weighted by Crippen LogP contribution is -2.44. The van der Waals surface area contributed by atoms with Crippen molar-refractivity contribution in [1.29, 1.82) is 0 Å². The molecule has 24 heavy (non-hydrogen) atoms. The molecule has 122 valence electrons. The zero-order valence-electron chi connectivity index (χ0n) is 13.5. The van der Waals surface area contributed by atoms with Crippen molar-refractivity contribution < 1.29 is 4.79 Å². The van der Waals surface area contributed by atoms with Gasteiger partial charge in [0.15, 0.2) is 5.65 Å². The highest BCUT2D eigenvalue weighted by Crippen LogP contribution is 2.23. The average Bonchev–Trinajstić information content (AvgIpc) is 3.10. The Bertz CT molecular complexity index is 843. The van der Waals surface area contributed by atoms with Crippen molar-refractivity contribution in [3.05, 3.63) is 66.1 Å². The van der Waals surface area contributed by atoms with Gasteiger partial charge in [-0.25, -0.2) is 0 Å². The van der Waals surface area contributed by atoms with Crippen LogP contribution in [0.15, 0.2) is 55.0 Å². The first-order valence-electron chi connectivity index (χ1n) is 8.45. The Morgan fingerprint density at radius 1 is 1.12 bits per heavy atom. The maximum atomic E-state index is 13.0. The summed E-state index contributed by atoms with van der Waals surface area (Å²) in [4.78, 5) is 15.1. The van der Waals surface area contributed by atoms with Crippen LogP contribution in [0.5, 0.6) is 0 Å². The van der Waals surface area contributed by atoms with Gasteiger partial charge in [-0.15, -0.1) is 10.2 Å². The Kier molecular flexibility index (Phi) is 3.99. The van der Waals surface area contributed by atoms with Gasteiger partial charge in [0.1, 0.15) is 6.33 Å². The quantitative estimate of drug-likeness (QED) is 0.745. The van der Waals surface area contributed by atoms with E-state index in [0.717, 1.165) is 31.5 Å². The summed E-state index contributed by atoms with van der Waals surface area (Å²) in [5, 5.41) is 7.86. The molecule has 1 aromatic carbocycles. The highest BCUT2D eigenvalue weighted by molar-refractivity contribution is 5.94. The third-order valence-corrected chi connectivity index (χ3v) is 4.74. The van der Waals surface area contributed by atoms with Crippen LogP contribution >= 0.6 is 0 Å². The third kappa shape index (κ3) is 2.89. The standard InChI is InChI=1S/C19H20N4O/c24-19(16-9-10-18-21-20-14-22(18)13-16)23-11-5-4-8-17(23)12-15-6-2-1-3-7-15/h1-3,6-7,9-10,13-14,17H,4-5,8,11-12H2. The van der Waals surface area contributed by atoms with Crippen LogP contribution < -0.4 is 0 Å². The predicted molar refractivity (Wildman–Crippen MR) is 91.8 cm³/mol. The summed E-state index contributed by atoms with van der Waals surface area (Å²) in [5.41, 5.74) is 2.74. The lowest BCUT2D eigenvalue weighted by Gasteiger charge is -2.36. The van der Waals surface area contributed by atoms with Gasteiger partial charge in [0.2, 0.25) is 0 Å². The molecule has 0 N–H and O–H groups in total. The molecule has 1 saturated heterocycles. The molecule has 0 saturated carbocycles. The number of rotatable bonds is 3. The van der Waals surface area contributed by atoms with E-state index < -0.39 is 0 Å². The third-order valence-electron chi connectivity index (χ3n) is 4.74. The number of carbonyl (C=O) groups is 1. The molecule has 0 bridgehead atoms. The van der Waals surface area contributed by atoms with Crippen LogP contribution in [0.25, 0.3) is 5.65 Å². The van der Waals surface area contributed by atoms with E-state index in [9.17, 15) is 4.79 Å². The van der Waals surface area contributed by atoms with Crippen LogP contribution in [0.3, 0.4) is 0 Å². The van der Waals surface area contributed by atoms with E-state index in [0.29, 0.717) is 5.56 Å². The van der Waals surface area contributed by atoms with Gasteiger partial charge in [-0.3, -0.25) is 9.20 Å². The second-order valence-corrected chi connectivity index (χ2v) is 6.35. The summed E-state index contributed by atoms with van der Waals surface area (Å²) >= 11 is 0. The van der Waals surface area contributed by atoms with Crippen LogP contribution in [0.1, 0.15) is 35.2 Å². The number of amides is 1. The number of hydrogen-bond acceptors (Lipinski definition) is 3. The molecule has 5 heteroatoms. The van der Waals surface area contributed by atoms with Crippen molar-refractivity contribution in [1.82, 2.24) is 19.5 Å². The number of likely N-dealkylation sites (tertiary alicyclic amines) is 1. The molecule has 3 aromatic rings. The van der Waals surface area contributed by atoms with Crippen molar-refractivity contribution >= 4 is 11.6 Å². The monoisotopic (exact) mass is 320 g/mol. The minimum absolute atomic E-state index is 0.103. The molecule has 3 heterocycles. The fraction of sp³-hybridized carbons (Fsp3) is 0.316. The smallest absolute Gasteiger partial charge is 0.255 e. The Morgan fingerprint density at radius 3 is 2.88 bits per heavy atom. The zero-order valence-corrected chi connectivity index (χ0v) is 13.5. The molecule has 1 fully saturated rings. The molecular weight excluding hydrogens is 300 g/mol. The SMILES string of the molecule is O=C(c1ccc2nncn2c1)N1CCCCC1Cc1ccccc1. The van der Waals surface area contributed by atoms with E-state index in [1.54, 1.807) is 10.7 Å². The van der Waals surface area contributed by atoms with E-state index >= 15 is 0 Å². The van der Waals surface area contributed by atoms with E-state index in [1.807, 2.05) is 29.3 Å². The summed E-state index contributed by atoms with van der Waals surface area (Å²) in [7, 11) is 0. The second kappa shape index (κ2) is 6.43. The highest BCUT2D eigenvalue weighted by Gasteiger charge is 2.27. The summed E-state index contributed by atoms with van der Waals surface area (Å²) in [6.07, 6.45) is 7.70. The van der Waals surface area contributed by atoms with E-state index in [1.165, 1.54) is 12.0 Å². The summed E-state index contributed by atoms with van der Waals surface area (Å²) < 4.78 is 1.80. The fourth-order valence-corrected chi connectivity index (χ4v) is 3.49. The van der Waals surface area contributed by atoms with Gasteiger partial charge in [-0.1, -0.05) is 30.3 Å². The van der Waals surface area contributed by atoms with Crippen LogP contribution in [-0.2, 0) is 6.42 Å². The lowest BCUT2D eigenvalue weighted by molar-refractivity contribution is 0.0613. The minimum atomic E-state index is 0.103. The Balaban J connectivity index is 1.58. The first-order chi connectivity index (χ1) is 11.8. The summed E-state index contributed by atoms with van der Waals surface area (Å²) in [6.45, 7) is 0.830. The second-order valence-electron chi connectivity index (χ2n) is 6.35. The molecule has 5 nitrogen and oxygen atoms in total. The van der Waals surface area contributed by atoms with Gasteiger partial charge < -0.3 is 4.90 Å². The number of fused-ring (bicyclic) bond motifs is 1. The number of nitrogens with zero attached hydrogens (tertiary/aromatic N) is 4. The number of benzene rings is 1. The van der Waals surface area contributed by atoms with Crippen molar-refractivity contribution in [2.75, 3.05) is 6.54 Å². The van der Waals surface area contributed by atoms with Crippen LogP contribution in [0.4, 0.5) is 0 Å². The predicted octanol–water partition coefficient (Wildman–Crippen LogP) is 2.97. The van der Waals surface area contributed by atoms with Crippen LogP contribution in [0.2, 0.25) is 0 Å². The highest BCUT2D eigenvalue weighted by atomic mass is 16.2. The van der Waals surface area contributed by atoms with Crippen molar-refractivity contribution in [2.24, 2.45) is 0 Å². The number of pyridine rings is 1. The topological polar surface area (TPSA) is 50.5 Å². The molecule has 1 amide bonds. The first-order valence-corrected chi connectivity index (χ1v) is 8.45.